The predicted molar refractivity (Wildman–Crippen MR) is 161 cm³/mol. The lowest BCUT2D eigenvalue weighted by Crippen LogP contribution is -2.33. The Hall–Kier alpha value is -3.02. The van der Waals surface area contributed by atoms with Gasteiger partial charge in [0.05, 0.1) is 23.9 Å². The monoisotopic (exact) mass is 527 g/mol. The van der Waals surface area contributed by atoms with Gasteiger partial charge in [-0.25, -0.2) is 0 Å². The zero-order valence-electron chi connectivity index (χ0n) is 22.2. The van der Waals surface area contributed by atoms with Gasteiger partial charge < -0.3 is 9.64 Å². The molecule has 0 aliphatic carbocycles. The number of aryl methyl sites for hydroxylation is 1. The second-order valence-corrected chi connectivity index (χ2v) is 11.4. The number of unbranched alkanes of at least 4 members (excludes halogenated alkanes) is 1. The lowest BCUT2D eigenvalue weighted by atomic mass is 10.0. The Morgan fingerprint density at radius 1 is 0.973 bits per heavy atom. The van der Waals surface area contributed by atoms with E-state index in [1.807, 2.05) is 23.1 Å². The number of hydrogen-bond donors (Lipinski definition) is 0. The number of methoxy groups -OCH3 is 1. The van der Waals surface area contributed by atoms with Gasteiger partial charge in [0, 0.05) is 17.5 Å². The molecule has 4 aromatic rings. The Balaban J connectivity index is 1.52. The highest BCUT2D eigenvalue weighted by atomic mass is 32.2. The highest BCUT2D eigenvalue weighted by Gasteiger charge is 2.26. The summed E-state index contributed by atoms with van der Waals surface area (Å²) in [6.07, 6.45) is 8.13. The van der Waals surface area contributed by atoms with Crippen LogP contribution < -0.4 is 14.2 Å². The molecule has 5 rings (SSSR count). The van der Waals surface area contributed by atoms with Crippen LogP contribution in [-0.4, -0.2) is 13.7 Å². The molecule has 0 radical (unpaired) electrons. The molecule has 3 nitrogen and oxygen atoms in total. The van der Waals surface area contributed by atoms with Gasteiger partial charge in [-0.2, -0.15) is 4.57 Å². The van der Waals surface area contributed by atoms with Gasteiger partial charge >= 0.3 is 0 Å². The lowest BCUT2D eigenvalue weighted by molar-refractivity contribution is -0.665. The number of nitrogens with zero attached hydrogens (tertiary/aromatic N) is 2. The topological polar surface area (TPSA) is 16.4 Å². The molecule has 0 unspecified atom stereocenters. The average molecular weight is 528 g/mol. The summed E-state index contributed by atoms with van der Waals surface area (Å²) in [7, 11) is 1.73. The molecule has 190 valence electrons. The summed E-state index contributed by atoms with van der Waals surface area (Å²) in [5.74, 6) is 0.905. The summed E-state index contributed by atoms with van der Waals surface area (Å²) in [5, 5.41) is 2.61. The van der Waals surface area contributed by atoms with E-state index in [9.17, 15) is 0 Å². The van der Waals surface area contributed by atoms with Crippen molar-refractivity contribution in [2.24, 2.45) is 0 Å². The van der Waals surface area contributed by atoms with Gasteiger partial charge in [-0.05, 0) is 66.8 Å². The van der Waals surface area contributed by atoms with Gasteiger partial charge in [0.25, 0.3) is 5.01 Å². The van der Waals surface area contributed by atoms with Crippen molar-refractivity contribution in [1.82, 2.24) is 0 Å². The number of benzene rings is 3. The van der Waals surface area contributed by atoms with Crippen LogP contribution in [0.3, 0.4) is 0 Å². The summed E-state index contributed by atoms with van der Waals surface area (Å²) in [4.78, 5) is 3.87. The SMILES string of the molecule is CCCCN1C(=CC(=Cc2sc3ccc(OC)cc3[n+]2CC)CC)Sc2ccc(-c3ccccc3)cc21. The van der Waals surface area contributed by atoms with Crippen molar-refractivity contribution in [3.8, 4) is 16.9 Å². The molecule has 0 N–H and O–H groups in total. The van der Waals surface area contributed by atoms with E-state index >= 15 is 0 Å². The molecule has 5 heteroatoms. The van der Waals surface area contributed by atoms with Crippen LogP contribution >= 0.6 is 23.1 Å². The Kier molecular flexibility index (Phi) is 8.02. The molecule has 1 aliphatic rings. The lowest BCUT2D eigenvalue weighted by Gasteiger charge is -2.21. The molecule has 1 aliphatic heterocycles. The first-order valence-corrected chi connectivity index (χ1v) is 14.9. The summed E-state index contributed by atoms with van der Waals surface area (Å²) in [5.41, 5.74) is 6.46. The van der Waals surface area contributed by atoms with E-state index in [1.54, 1.807) is 7.11 Å². The molecule has 2 heterocycles. The Morgan fingerprint density at radius 2 is 1.81 bits per heavy atom. The second-order valence-electron chi connectivity index (χ2n) is 9.23. The fourth-order valence-corrected chi connectivity index (χ4v) is 7.10. The molecule has 0 fully saturated rings. The number of allylic oxidation sites excluding steroid dienone is 2. The fraction of sp³-hybridized carbons (Fsp3) is 0.281. The zero-order valence-corrected chi connectivity index (χ0v) is 23.8. The first kappa shape index (κ1) is 25.6. The third kappa shape index (κ3) is 5.34. The zero-order chi connectivity index (χ0) is 25.8. The van der Waals surface area contributed by atoms with Crippen LogP contribution in [0.4, 0.5) is 5.69 Å². The molecule has 3 aromatic carbocycles. The van der Waals surface area contributed by atoms with Crippen LogP contribution in [0, 0.1) is 0 Å². The van der Waals surface area contributed by atoms with Gasteiger partial charge in [0.15, 0.2) is 0 Å². The molecule has 0 bridgehead atoms. The van der Waals surface area contributed by atoms with Crippen molar-refractivity contribution >= 4 is 45.1 Å². The van der Waals surface area contributed by atoms with E-state index < -0.39 is 0 Å². The van der Waals surface area contributed by atoms with Crippen molar-refractivity contribution in [2.45, 2.75) is 51.5 Å². The van der Waals surface area contributed by atoms with E-state index in [4.69, 9.17) is 4.74 Å². The minimum atomic E-state index is 0.905. The van der Waals surface area contributed by atoms with Gasteiger partial charge in [0.2, 0.25) is 5.52 Å². The molecular weight excluding hydrogens is 492 g/mol. The minimum Gasteiger partial charge on any atom is -0.497 e. The van der Waals surface area contributed by atoms with Gasteiger partial charge in [-0.3, -0.25) is 0 Å². The highest BCUT2D eigenvalue weighted by molar-refractivity contribution is 8.03. The molecule has 0 atom stereocenters. The van der Waals surface area contributed by atoms with Crippen molar-refractivity contribution in [3.05, 3.63) is 88.4 Å². The van der Waals surface area contributed by atoms with Gasteiger partial charge in [-0.1, -0.05) is 79.8 Å². The normalized spacial score (nSPS) is 14.5. The maximum Gasteiger partial charge on any atom is 0.263 e. The van der Waals surface area contributed by atoms with Crippen molar-refractivity contribution in [2.75, 3.05) is 18.6 Å². The number of fused-ring (bicyclic) bond motifs is 2. The summed E-state index contributed by atoms with van der Waals surface area (Å²) < 4.78 is 9.18. The van der Waals surface area contributed by atoms with Gasteiger partial charge in [-0.15, -0.1) is 0 Å². The maximum absolute atomic E-state index is 5.49. The van der Waals surface area contributed by atoms with E-state index in [0.29, 0.717) is 0 Å². The van der Waals surface area contributed by atoms with Crippen LogP contribution in [0.25, 0.3) is 27.4 Å². The number of anilines is 1. The largest absolute Gasteiger partial charge is 0.497 e. The van der Waals surface area contributed by atoms with E-state index in [2.05, 4.69) is 109 Å². The smallest absolute Gasteiger partial charge is 0.263 e. The number of thiazole rings is 1. The average Bonchev–Trinajstić information content (AvgIpc) is 3.47. The first-order chi connectivity index (χ1) is 18.1. The highest BCUT2D eigenvalue weighted by Crippen LogP contribution is 2.48. The second kappa shape index (κ2) is 11.6. The summed E-state index contributed by atoms with van der Waals surface area (Å²) in [6, 6.07) is 24.0. The van der Waals surface area contributed by atoms with E-state index in [-0.39, 0.29) is 0 Å². The van der Waals surface area contributed by atoms with Gasteiger partial charge in [0.1, 0.15) is 17.0 Å². The number of thioether (sulfide) groups is 1. The third-order valence-electron chi connectivity index (χ3n) is 6.85. The van der Waals surface area contributed by atoms with Crippen molar-refractivity contribution < 1.29 is 9.30 Å². The van der Waals surface area contributed by atoms with Crippen LogP contribution in [0.1, 0.15) is 45.0 Å². The molecule has 37 heavy (non-hydrogen) atoms. The number of aromatic nitrogens is 1. The third-order valence-corrected chi connectivity index (χ3v) is 9.08. The Labute approximate surface area is 229 Å². The first-order valence-electron chi connectivity index (χ1n) is 13.2. The Bertz CT molecular complexity index is 1450. The summed E-state index contributed by atoms with van der Waals surface area (Å²) in [6.45, 7) is 8.71. The quantitative estimate of drug-likeness (QED) is 0.202. The molecule has 0 saturated carbocycles. The molecule has 0 amide bonds. The standard InChI is InChI=1S/C32H35N2OS2/c1-5-8-18-34-27-21-25(24-12-10-9-11-13-24)14-16-29(27)37-32(34)20-23(6-2)19-31-33(7-3)28-22-26(35-4)15-17-30(28)36-31/h9-17,19-22H,5-8,18H2,1-4H3/q+1. The Morgan fingerprint density at radius 3 is 2.54 bits per heavy atom. The molecule has 1 aromatic heterocycles. The van der Waals surface area contributed by atoms with Crippen LogP contribution in [0.2, 0.25) is 0 Å². The molecule has 0 spiro atoms. The van der Waals surface area contributed by atoms with Crippen LogP contribution in [-0.2, 0) is 6.54 Å². The fourth-order valence-electron chi connectivity index (χ4n) is 4.77. The van der Waals surface area contributed by atoms with Crippen molar-refractivity contribution in [1.29, 1.82) is 0 Å². The number of rotatable bonds is 9. The maximum atomic E-state index is 5.49. The predicted octanol–water partition coefficient (Wildman–Crippen LogP) is 8.93. The van der Waals surface area contributed by atoms with E-state index in [1.165, 1.54) is 60.4 Å². The van der Waals surface area contributed by atoms with E-state index in [0.717, 1.165) is 25.3 Å². The summed E-state index contributed by atoms with van der Waals surface area (Å²) >= 11 is 3.75. The molecular formula is C32H35N2OS2+. The minimum absolute atomic E-state index is 0.905. The van der Waals surface area contributed by atoms with Crippen LogP contribution in [0.5, 0.6) is 5.75 Å². The van der Waals surface area contributed by atoms with Crippen LogP contribution in [0.15, 0.2) is 88.3 Å². The number of hydrogen-bond acceptors (Lipinski definition) is 4. The number of ether oxygens (including phenoxy) is 1. The molecule has 0 saturated heterocycles. The van der Waals surface area contributed by atoms with Crippen molar-refractivity contribution in [3.63, 3.8) is 0 Å².